The van der Waals surface area contributed by atoms with Crippen molar-refractivity contribution in [2.75, 3.05) is 23.7 Å². The summed E-state index contributed by atoms with van der Waals surface area (Å²) in [7, 11) is -3.79. The van der Waals surface area contributed by atoms with E-state index >= 15 is 0 Å². The number of nitrogens with one attached hydrogen (secondary N) is 1. The number of hydrogen-bond donors (Lipinski definition) is 1. The van der Waals surface area contributed by atoms with Crippen LogP contribution in [0.2, 0.25) is 5.02 Å². The number of hydrogen-bond acceptors (Lipinski definition) is 4. The molecule has 0 unspecified atom stereocenters. The van der Waals surface area contributed by atoms with Gasteiger partial charge in [-0.15, -0.1) is 0 Å². The maximum Gasteiger partial charge on any atom is 0.244 e. The number of sulfonamides is 1. The fraction of sp³-hybridized carbons (Fsp3) is 0.417. The van der Waals surface area contributed by atoms with Crippen LogP contribution in [0.25, 0.3) is 0 Å². The predicted octanol–water partition coefficient (Wildman–Crippen LogP) is 3.40. The van der Waals surface area contributed by atoms with Crippen LogP contribution in [0, 0.1) is 6.92 Å². The average molecular weight is 494 g/mol. The second-order valence-electron chi connectivity index (χ2n) is 8.32. The van der Waals surface area contributed by atoms with Crippen molar-refractivity contribution in [2.24, 2.45) is 0 Å². The van der Waals surface area contributed by atoms with Crippen molar-refractivity contribution < 1.29 is 18.0 Å². The molecule has 33 heavy (non-hydrogen) atoms. The average Bonchev–Trinajstić information content (AvgIpc) is 2.73. The van der Waals surface area contributed by atoms with Crippen LogP contribution in [-0.2, 0) is 26.0 Å². The van der Waals surface area contributed by atoms with E-state index in [-0.39, 0.29) is 18.5 Å². The van der Waals surface area contributed by atoms with Crippen molar-refractivity contribution >= 4 is 39.1 Å². The van der Waals surface area contributed by atoms with E-state index in [9.17, 15) is 18.0 Å². The summed E-state index contributed by atoms with van der Waals surface area (Å²) in [6, 6.07) is 13.7. The molecule has 2 amide bonds. The smallest absolute Gasteiger partial charge is 0.244 e. The Morgan fingerprint density at radius 3 is 2.24 bits per heavy atom. The van der Waals surface area contributed by atoms with Gasteiger partial charge in [0.1, 0.15) is 12.6 Å². The predicted molar refractivity (Wildman–Crippen MR) is 133 cm³/mol. The molecule has 2 rings (SSSR count). The summed E-state index contributed by atoms with van der Waals surface area (Å²) in [5, 5.41) is 3.23. The van der Waals surface area contributed by atoms with Gasteiger partial charge in [-0.25, -0.2) is 8.42 Å². The SMILES string of the molecule is Cc1c(Cl)cccc1N(CC(=O)N(CCc1ccccc1)[C@@H](C)C(=O)NC(C)C)S(C)(=O)=O. The maximum absolute atomic E-state index is 13.4. The quantitative estimate of drug-likeness (QED) is 0.549. The summed E-state index contributed by atoms with van der Waals surface area (Å²) >= 11 is 6.20. The maximum atomic E-state index is 13.4. The molecule has 2 aromatic carbocycles. The summed E-state index contributed by atoms with van der Waals surface area (Å²) in [6.45, 7) is 6.86. The number of amides is 2. The first-order valence-corrected chi connectivity index (χ1v) is 13.0. The zero-order valence-corrected chi connectivity index (χ0v) is 21.3. The van der Waals surface area contributed by atoms with Gasteiger partial charge in [0.25, 0.3) is 0 Å². The molecule has 0 aromatic heterocycles. The van der Waals surface area contributed by atoms with Crippen LogP contribution < -0.4 is 9.62 Å². The second kappa shape index (κ2) is 11.5. The molecule has 0 aliphatic carbocycles. The highest BCUT2D eigenvalue weighted by molar-refractivity contribution is 7.92. The van der Waals surface area contributed by atoms with Gasteiger partial charge in [-0.05, 0) is 57.4 Å². The minimum absolute atomic E-state index is 0.0901. The van der Waals surface area contributed by atoms with E-state index in [1.165, 1.54) is 4.90 Å². The lowest BCUT2D eigenvalue weighted by Crippen LogP contribution is -2.53. The Hall–Kier alpha value is -2.58. The van der Waals surface area contributed by atoms with Crippen molar-refractivity contribution in [3.63, 3.8) is 0 Å². The fourth-order valence-corrected chi connectivity index (χ4v) is 4.51. The first kappa shape index (κ1) is 26.7. The Morgan fingerprint density at radius 1 is 1.03 bits per heavy atom. The van der Waals surface area contributed by atoms with Gasteiger partial charge in [-0.3, -0.25) is 13.9 Å². The zero-order chi connectivity index (χ0) is 24.8. The minimum Gasteiger partial charge on any atom is -0.352 e. The first-order chi connectivity index (χ1) is 15.4. The van der Waals surface area contributed by atoms with E-state index < -0.39 is 28.5 Å². The van der Waals surface area contributed by atoms with Crippen LogP contribution in [-0.4, -0.2) is 56.6 Å². The van der Waals surface area contributed by atoms with Gasteiger partial charge in [0.05, 0.1) is 11.9 Å². The minimum atomic E-state index is -3.79. The lowest BCUT2D eigenvalue weighted by Gasteiger charge is -2.32. The molecular formula is C24H32ClN3O4S. The van der Waals surface area contributed by atoms with Gasteiger partial charge < -0.3 is 10.2 Å². The molecule has 0 fully saturated rings. The van der Waals surface area contributed by atoms with Crippen molar-refractivity contribution in [3.05, 3.63) is 64.7 Å². The number of carbonyl (C=O) groups is 2. The largest absolute Gasteiger partial charge is 0.352 e. The van der Waals surface area contributed by atoms with Crippen LogP contribution in [0.4, 0.5) is 5.69 Å². The van der Waals surface area contributed by atoms with Crippen LogP contribution in [0.15, 0.2) is 48.5 Å². The Labute approximate surface area is 201 Å². The lowest BCUT2D eigenvalue weighted by molar-refractivity contribution is -0.139. The van der Waals surface area contributed by atoms with Crippen molar-refractivity contribution in [2.45, 2.75) is 46.2 Å². The Kier molecular flexibility index (Phi) is 9.31. The normalized spacial score (nSPS) is 12.3. The standard InChI is InChI=1S/C24H32ClN3O4S/c1-17(2)26-24(30)19(4)27(15-14-20-10-7-6-8-11-20)23(29)16-28(33(5,31)32)22-13-9-12-21(25)18(22)3/h6-13,17,19H,14-16H2,1-5H3,(H,26,30)/t19-/m0/s1. The number of carbonyl (C=O) groups excluding carboxylic acids is 2. The summed E-state index contributed by atoms with van der Waals surface area (Å²) in [5.74, 6) is -0.765. The molecule has 0 bridgehead atoms. The number of rotatable bonds is 10. The molecule has 1 atom stereocenters. The molecule has 0 heterocycles. The van der Waals surface area contributed by atoms with Crippen molar-refractivity contribution in [1.29, 1.82) is 0 Å². The molecule has 0 radical (unpaired) electrons. The van der Waals surface area contributed by atoms with Crippen LogP contribution in [0.1, 0.15) is 31.9 Å². The molecule has 9 heteroatoms. The van der Waals surface area contributed by atoms with Crippen molar-refractivity contribution in [3.8, 4) is 0 Å². The number of benzene rings is 2. The first-order valence-electron chi connectivity index (χ1n) is 10.8. The van der Waals surface area contributed by atoms with E-state index in [1.54, 1.807) is 32.0 Å². The zero-order valence-electron chi connectivity index (χ0n) is 19.7. The molecule has 7 nitrogen and oxygen atoms in total. The molecule has 0 aliphatic rings. The van der Waals surface area contributed by atoms with Crippen LogP contribution >= 0.6 is 11.6 Å². The number of anilines is 1. The summed E-state index contributed by atoms with van der Waals surface area (Å²) in [6.07, 6.45) is 1.57. The highest BCUT2D eigenvalue weighted by Gasteiger charge is 2.30. The molecule has 0 saturated carbocycles. The summed E-state index contributed by atoms with van der Waals surface area (Å²) in [4.78, 5) is 27.6. The monoisotopic (exact) mass is 493 g/mol. The third kappa shape index (κ3) is 7.47. The third-order valence-electron chi connectivity index (χ3n) is 5.27. The van der Waals surface area contributed by atoms with E-state index in [2.05, 4.69) is 5.32 Å². The molecule has 0 aliphatic heterocycles. The topological polar surface area (TPSA) is 86.8 Å². The molecule has 180 valence electrons. The van der Waals surface area contributed by atoms with Crippen molar-refractivity contribution in [1.82, 2.24) is 10.2 Å². The lowest BCUT2D eigenvalue weighted by atomic mass is 10.1. The molecule has 2 aromatic rings. The highest BCUT2D eigenvalue weighted by atomic mass is 35.5. The summed E-state index contributed by atoms with van der Waals surface area (Å²) < 4.78 is 26.3. The van der Waals surface area contributed by atoms with E-state index in [1.807, 2.05) is 44.2 Å². The Bertz CT molecular complexity index is 1070. The van der Waals surface area contributed by atoms with E-state index in [4.69, 9.17) is 11.6 Å². The third-order valence-corrected chi connectivity index (χ3v) is 6.81. The molecule has 1 N–H and O–H groups in total. The molecule has 0 spiro atoms. The Balaban J connectivity index is 2.35. The second-order valence-corrected chi connectivity index (χ2v) is 10.6. The van der Waals surface area contributed by atoms with Gasteiger partial charge in [0.2, 0.25) is 21.8 Å². The van der Waals surface area contributed by atoms with Gasteiger partial charge in [-0.2, -0.15) is 0 Å². The van der Waals surface area contributed by atoms with Gasteiger partial charge in [0.15, 0.2) is 0 Å². The van der Waals surface area contributed by atoms with Crippen LogP contribution in [0.3, 0.4) is 0 Å². The molecule has 0 saturated heterocycles. The van der Waals surface area contributed by atoms with Crippen LogP contribution in [0.5, 0.6) is 0 Å². The number of halogens is 1. The van der Waals surface area contributed by atoms with Gasteiger partial charge in [-0.1, -0.05) is 48.0 Å². The van der Waals surface area contributed by atoms with Gasteiger partial charge in [0, 0.05) is 17.6 Å². The van der Waals surface area contributed by atoms with Gasteiger partial charge >= 0.3 is 0 Å². The molecular weight excluding hydrogens is 462 g/mol. The number of nitrogens with zero attached hydrogens (tertiary/aromatic N) is 2. The fourth-order valence-electron chi connectivity index (χ4n) is 3.44. The van der Waals surface area contributed by atoms with E-state index in [0.717, 1.165) is 16.1 Å². The Morgan fingerprint density at radius 2 is 1.67 bits per heavy atom. The summed E-state index contributed by atoms with van der Waals surface area (Å²) in [5.41, 5.74) is 1.90. The highest BCUT2D eigenvalue weighted by Crippen LogP contribution is 2.28. The van der Waals surface area contributed by atoms with E-state index in [0.29, 0.717) is 22.7 Å².